The number of rotatable bonds is 6. The molecule has 0 aliphatic carbocycles. The first-order valence-corrected chi connectivity index (χ1v) is 6.87. The molecular formula is C17H18N2O3. The van der Waals surface area contributed by atoms with Crippen LogP contribution in [0.4, 0.5) is 0 Å². The van der Waals surface area contributed by atoms with Crippen LogP contribution in [0.1, 0.15) is 12.5 Å². The average Bonchev–Trinajstić information content (AvgIpc) is 2.56. The quantitative estimate of drug-likeness (QED) is 0.659. The number of para-hydroxylation sites is 1. The van der Waals surface area contributed by atoms with Crippen LogP contribution < -0.4 is 14.9 Å². The molecule has 1 atom stereocenters. The van der Waals surface area contributed by atoms with Gasteiger partial charge in [0.15, 0.2) is 6.10 Å². The fourth-order valence-electron chi connectivity index (χ4n) is 1.71. The number of nitrogens with zero attached hydrogens (tertiary/aromatic N) is 1. The lowest BCUT2D eigenvalue weighted by molar-refractivity contribution is -0.127. The molecule has 0 aliphatic rings. The second-order valence-corrected chi connectivity index (χ2v) is 4.58. The third-order valence-electron chi connectivity index (χ3n) is 2.93. The Morgan fingerprint density at radius 2 is 1.77 bits per heavy atom. The van der Waals surface area contributed by atoms with Gasteiger partial charge in [-0.3, -0.25) is 4.79 Å². The zero-order valence-corrected chi connectivity index (χ0v) is 12.5. The number of nitrogens with one attached hydrogen (secondary N) is 1. The first-order chi connectivity index (χ1) is 10.7. The highest BCUT2D eigenvalue weighted by atomic mass is 16.5. The standard InChI is InChI=1S/C17H18N2O3/c1-13(22-16-6-4-3-5-7-16)17(20)19-18-12-14-8-10-15(21-2)11-9-14/h3-13H,1-2H3,(H,19,20)/b18-12+/t13-/m0/s1. The van der Waals surface area contributed by atoms with Crippen LogP contribution in [-0.4, -0.2) is 25.3 Å². The summed E-state index contributed by atoms with van der Waals surface area (Å²) in [5.41, 5.74) is 3.31. The van der Waals surface area contributed by atoms with Crippen LogP contribution in [0.3, 0.4) is 0 Å². The molecule has 5 heteroatoms. The van der Waals surface area contributed by atoms with Crippen LogP contribution >= 0.6 is 0 Å². The summed E-state index contributed by atoms with van der Waals surface area (Å²) in [5.74, 6) is 1.10. The van der Waals surface area contributed by atoms with E-state index in [1.807, 2.05) is 42.5 Å². The number of methoxy groups -OCH3 is 1. The van der Waals surface area contributed by atoms with Crippen LogP contribution in [0.25, 0.3) is 0 Å². The van der Waals surface area contributed by atoms with Gasteiger partial charge in [-0.25, -0.2) is 5.43 Å². The molecule has 0 saturated heterocycles. The van der Waals surface area contributed by atoms with Crippen molar-refractivity contribution < 1.29 is 14.3 Å². The van der Waals surface area contributed by atoms with E-state index in [0.717, 1.165) is 11.3 Å². The predicted octanol–water partition coefficient (Wildman–Crippen LogP) is 2.61. The van der Waals surface area contributed by atoms with E-state index in [9.17, 15) is 4.79 Å². The lowest BCUT2D eigenvalue weighted by atomic mass is 10.2. The monoisotopic (exact) mass is 298 g/mol. The van der Waals surface area contributed by atoms with Crippen molar-refractivity contribution in [3.63, 3.8) is 0 Å². The van der Waals surface area contributed by atoms with Gasteiger partial charge in [-0.2, -0.15) is 5.10 Å². The van der Waals surface area contributed by atoms with Gasteiger partial charge in [0.25, 0.3) is 5.91 Å². The second kappa shape index (κ2) is 7.83. The number of hydrogen-bond acceptors (Lipinski definition) is 4. The zero-order valence-electron chi connectivity index (χ0n) is 12.5. The van der Waals surface area contributed by atoms with E-state index < -0.39 is 6.10 Å². The minimum atomic E-state index is -0.629. The van der Waals surface area contributed by atoms with E-state index in [1.165, 1.54) is 0 Å². The molecule has 0 bridgehead atoms. The molecule has 0 aromatic heterocycles. The molecule has 2 rings (SSSR count). The molecule has 0 spiro atoms. The number of benzene rings is 2. The third-order valence-corrected chi connectivity index (χ3v) is 2.93. The molecule has 22 heavy (non-hydrogen) atoms. The molecule has 2 aromatic rings. The summed E-state index contributed by atoms with van der Waals surface area (Å²) in [4.78, 5) is 11.9. The molecule has 0 heterocycles. The Labute approximate surface area is 129 Å². The largest absolute Gasteiger partial charge is 0.497 e. The molecule has 1 N–H and O–H groups in total. The van der Waals surface area contributed by atoms with Crippen molar-refractivity contribution in [2.75, 3.05) is 7.11 Å². The molecule has 0 aliphatic heterocycles. The van der Waals surface area contributed by atoms with E-state index in [2.05, 4.69) is 10.5 Å². The van der Waals surface area contributed by atoms with Gasteiger partial charge < -0.3 is 9.47 Å². The Kier molecular flexibility index (Phi) is 5.54. The highest BCUT2D eigenvalue weighted by Crippen LogP contribution is 2.11. The van der Waals surface area contributed by atoms with Crippen molar-refractivity contribution in [1.82, 2.24) is 5.43 Å². The van der Waals surface area contributed by atoms with Gasteiger partial charge >= 0.3 is 0 Å². The van der Waals surface area contributed by atoms with Gasteiger partial charge in [0.1, 0.15) is 11.5 Å². The summed E-state index contributed by atoms with van der Waals surface area (Å²) in [6.45, 7) is 1.67. The number of hydrazone groups is 1. The predicted molar refractivity (Wildman–Crippen MR) is 85.3 cm³/mol. The fraction of sp³-hybridized carbons (Fsp3) is 0.176. The molecule has 5 nitrogen and oxygen atoms in total. The molecule has 114 valence electrons. The normalized spacial score (nSPS) is 11.9. The Balaban J connectivity index is 1.84. The fourth-order valence-corrected chi connectivity index (χ4v) is 1.71. The first kappa shape index (κ1) is 15.6. The Morgan fingerprint density at radius 3 is 2.41 bits per heavy atom. The zero-order chi connectivity index (χ0) is 15.8. The van der Waals surface area contributed by atoms with Crippen molar-refractivity contribution in [1.29, 1.82) is 0 Å². The molecule has 2 aromatic carbocycles. The average molecular weight is 298 g/mol. The third kappa shape index (κ3) is 4.63. The van der Waals surface area contributed by atoms with Crippen LogP contribution in [0.15, 0.2) is 59.7 Å². The number of amides is 1. The summed E-state index contributed by atoms with van der Waals surface area (Å²) in [5, 5.41) is 3.91. The van der Waals surface area contributed by atoms with Crippen LogP contribution in [0, 0.1) is 0 Å². The van der Waals surface area contributed by atoms with Crippen molar-refractivity contribution >= 4 is 12.1 Å². The molecule has 0 saturated carbocycles. The Morgan fingerprint density at radius 1 is 1.09 bits per heavy atom. The van der Waals surface area contributed by atoms with Crippen molar-refractivity contribution in [3.05, 3.63) is 60.2 Å². The highest BCUT2D eigenvalue weighted by Gasteiger charge is 2.13. The summed E-state index contributed by atoms with van der Waals surface area (Å²) in [6.07, 6.45) is 0.933. The number of ether oxygens (including phenoxy) is 2. The van der Waals surface area contributed by atoms with E-state index in [1.54, 1.807) is 32.4 Å². The van der Waals surface area contributed by atoms with Gasteiger partial charge in [-0.15, -0.1) is 0 Å². The van der Waals surface area contributed by atoms with Gasteiger partial charge in [0.05, 0.1) is 13.3 Å². The van der Waals surface area contributed by atoms with Gasteiger partial charge in [0.2, 0.25) is 0 Å². The maximum Gasteiger partial charge on any atom is 0.280 e. The maximum atomic E-state index is 11.9. The Bertz CT molecular complexity index is 624. The lowest BCUT2D eigenvalue weighted by Crippen LogP contribution is -2.33. The minimum Gasteiger partial charge on any atom is -0.497 e. The van der Waals surface area contributed by atoms with Gasteiger partial charge in [0, 0.05) is 0 Å². The lowest BCUT2D eigenvalue weighted by Gasteiger charge is -2.12. The Hall–Kier alpha value is -2.82. The van der Waals surface area contributed by atoms with Crippen LogP contribution in [0.2, 0.25) is 0 Å². The molecule has 0 radical (unpaired) electrons. The number of carbonyl (C=O) groups excluding carboxylic acids is 1. The summed E-state index contributed by atoms with van der Waals surface area (Å²) < 4.78 is 10.6. The number of hydrogen-bond donors (Lipinski definition) is 1. The SMILES string of the molecule is COc1ccc(/C=N/NC(=O)[C@H](C)Oc2ccccc2)cc1. The maximum absolute atomic E-state index is 11.9. The van der Waals surface area contributed by atoms with E-state index in [-0.39, 0.29) is 5.91 Å². The molecule has 0 fully saturated rings. The van der Waals surface area contributed by atoms with Crippen molar-refractivity contribution in [2.24, 2.45) is 5.10 Å². The van der Waals surface area contributed by atoms with Crippen LogP contribution in [0.5, 0.6) is 11.5 Å². The summed E-state index contributed by atoms with van der Waals surface area (Å²) in [6, 6.07) is 16.5. The smallest absolute Gasteiger partial charge is 0.280 e. The molecule has 1 amide bonds. The number of carbonyl (C=O) groups is 1. The first-order valence-electron chi connectivity index (χ1n) is 6.87. The second-order valence-electron chi connectivity index (χ2n) is 4.58. The van der Waals surface area contributed by atoms with Crippen molar-refractivity contribution in [3.8, 4) is 11.5 Å². The van der Waals surface area contributed by atoms with E-state index in [4.69, 9.17) is 9.47 Å². The topological polar surface area (TPSA) is 59.9 Å². The van der Waals surface area contributed by atoms with Crippen LogP contribution in [-0.2, 0) is 4.79 Å². The highest BCUT2D eigenvalue weighted by molar-refractivity contribution is 5.84. The van der Waals surface area contributed by atoms with E-state index in [0.29, 0.717) is 5.75 Å². The summed E-state index contributed by atoms with van der Waals surface area (Å²) in [7, 11) is 1.61. The molecular weight excluding hydrogens is 280 g/mol. The molecule has 0 unspecified atom stereocenters. The van der Waals surface area contributed by atoms with E-state index >= 15 is 0 Å². The van der Waals surface area contributed by atoms with Crippen molar-refractivity contribution in [2.45, 2.75) is 13.0 Å². The summed E-state index contributed by atoms with van der Waals surface area (Å²) >= 11 is 0. The van der Waals surface area contributed by atoms with Gasteiger partial charge in [-0.1, -0.05) is 18.2 Å². The minimum absolute atomic E-state index is 0.311. The van der Waals surface area contributed by atoms with Gasteiger partial charge in [-0.05, 0) is 48.9 Å².